The number of amides is 3. The first-order valence-electron chi connectivity index (χ1n) is 14.3. The van der Waals surface area contributed by atoms with E-state index >= 15 is 0 Å². The molecule has 3 aromatic carbocycles. The van der Waals surface area contributed by atoms with E-state index in [9.17, 15) is 24.0 Å². The molecule has 1 N–H and O–H groups in total. The number of benzene rings is 3. The van der Waals surface area contributed by atoms with Gasteiger partial charge in [0.15, 0.2) is 0 Å². The van der Waals surface area contributed by atoms with Crippen LogP contribution in [0.25, 0.3) is 0 Å². The van der Waals surface area contributed by atoms with Crippen molar-refractivity contribution in [1.82, 2.24) is 4.57 Å². The second-order valence-electron chi connectivity index (χ2n) is 10.6. The molecular weight excluding hydrogens is 615 g/mol. The Kier molecular flexibility index (Phi) is 8.34. The zero-order chi connectivity index (χ0) is 31.8. The van der Waals surface area contributed by atoms with E-state index in [2.05, 4.69) is 5.32 Å². The average Bonchev–Trinajstić information content (AvgIpc) is 3.48. The molecule has 1 saturated heterocycles. The molecule has 230 valence electrons. The Labute approximate surface area is 267 Å². The molecule has 1 fully saturated rings. The third-order valence-electron chi connectivity index (χ3n) is 7.88. The standard InChI is InChI=1S/C33H29N3O7S2/c1-4-43-32(40)20-9-13-21(14-10-20)36-29(38)26-25(19-11-15-22(42-3)16-12-19)28-31(44-27(26)30(36)39)35(33(41)45-28)17-24(37)34-23-8-6-5-7-18(23)2/h5-16,25-27H,4,17H2,1-3H3,(H,34,37). The van der Waals surface area contributed by atoms with Crippen molar-refractivity contribution in [3.63, 3.8) is 0 Å². The lowest BCUT2D eigenvalue weighted by molar-refractivity contribution is -0.122. The first-order chi connectivity index (χ1) is 21.7. The van der Waals surface area contributed by atoms with E-state index in [1.54, 1.807) is 44.4 Å². The molecule has 0 spiro atoms. The number of carbonyl (C=O) groups is 4. The minimum absolute atomic E-state index is 0.222. The van der Waals surface area contributed by atoms with Crippen LogP contribution < -0.4 is 19.8 Å². The van der Waals surface area contributed by atoms with Crippen LogP contribution in [-0.2, 0) is 25.7 Å². The number of anilines is 2. The summed E-state index contributed by atoms with van der Waals surface area (Å²) in [7, 11) is 1.55. The van der Waals surface area contributed by atoms with Gasteiger partial charge in [-0.15, -0.1) is 0 Å². The highest BCUT2D eigenvalue weighted by Crippen LogP contribution is 2.54. The van der Waals surface area contributed by atoms with Crippen LogP contribution in [0.15, 0.2) is 82.6 Å². The second-order valence-corrected chi connectivity index (χ2v) is 12.7. The summed E-state index contributed by atoms with van der Waals surface area (Å²) in [5, 5.41) is 2.52. The second kappa shape index (κ2) is 12.4. The number of aryl methyl sites for hydroxylation is 1. The van der Waals surface area contributed by atoms with Gasteiger partial charge in [-0.1, -0.05) is 53.4 Å². The summed E-state index contributed by atoms with van der Waals surface area (Å²) in [6.07, 6.45) is 0. The number of imide groups is 1. The van der Waals surface area contributed by atoms with E-state index in [0.29, 0.717) is 32.6 Å². The lowest BCUT2D eigenvalue weighted by Gasteiger charge is -2.30. The highest BCUT2D eigenvalue weighted by atomic mass is 32.2. The number of methoxy groups -OCH3 is 1. The molecule has 2 aliphatic heterocycles. The molecule has 2 aliphatic rings. The number of thiazole rings is 1. The summed E-state index contributed by atoms with van der Waals surface area (Å²) in [5.41, 5.74) is 2.90. The molecule has 0 aliphatic carbocycles. The number of nitrogens with zero attached hydrogens (tertiary/aromatic N) is 2. The molecule has 45 heavy (non-hydrogen) atoms. The fourth-order valence-electron chi connectivity index (χ4n) is 5.69. The molecule has 4 aromatic rings. The minimum atomic E-state index is -0.846. The van der Waals surface area contributed by atoms with Gasteiger partial charge < -0.3 is 14.8 Å². The average molecular weight is 644 g/mol. The molecule has 12 heteroatoms. The number of aromatic nitrogens is 1. The fourth-order valence-corrected chi connectivity index (χ4v) is 8.46. The van der Waals surface area contributed by atoms with Crippen molar-refractivity contribution in [1.29, 1.82) is 0 Å². The van der Waals surface area contributed by atoms with Crippen LogP contribution in [0.1, 0.15) is 39.2 Å². The van der Waals surface area contributed by atoms with Gasteiger partial charge in [0.2, 0.25) is 17.7 Å². The first kappa shape index (κ1) is 30.4. The molecule has 0 bridgehead atoms. The number of esters is 1. The van der Waals surface area contributed by atoms with E-state index in [1.807, 2.05) is 37.3 Å². The van der Waals surface area contributed by atoms with Crippen LogP contribution in [0, 0.1) is 12.8 Å². The zero-order valence-corrected chi connectivity index (χ0v) is 26.3. The maximum absolute atomic E-state index is 14.1. The Balaban J connectivity index is 1.38. The number of para-hydroxylation sites is 1. The molecule has 3 atom stereocenters. The summed E-state index contributed by atoms with van der Waals surface area (Å²) < 4.78 is 11.8. The van der Waals surface area contributed by atoms with Crippen molar-refractivity contribution >= 4 is 58.2 Å². The SMILES string of the molecule is CCOC(=O)c1ccc(N2C(=O)C3Sc4c(sc(=O)n4CC(=O)Nc4ccccc4C)C(c4ccc(OC)cc4)C3C2=O)cc1. The van der Waals surface area contributed by atoms with Gasteiger partial charge in [0.1, 0.15) is 17.5 Å². The summed E-state index contributed by atoms with van der Waals surface area (Å²) in [4.78, 5) is 68.2. The van der Waals surface area contributed by atoms with Crippen molar-refractivity contribution in [3.05, 3.63) is 104 Å². The maximum Gasteiger partial charge on any atom is 0.338 e. The molecule has 10 nitrogen and oxygen atoms in total. The lowest BCUT2D eigenvalue weighted by Crippen LogP contribution is -2.33. The van der Waals surface area contributed by atoms with E-state index in [1.165, 1.54) is 16.7 Å². The predicted octanol–water partition coefficient (Wildman–Crippen LogP) is 4.84. The summed E-state index contributed by atoms with van der Waals surface area (Å²) >= 11 is 2.12. The van der Waals surface area contributed by atoms with Gasteiger partial charge in [-0.2, -0.15) is 0 Å². The fraction of sp³-hybridized carbons (Fsp3) is 0.242. The first-order valence-corrected chi connectivity index (χ1v) is 16.0. The molecular formula is C33H29N3O7S2. The topological polar surface area (TPSA) is 124 Å². The van der Waals surface area contributed by atoms with Gasteiger partial charge >= 0.3 is 10.8 Å². The number of carbonyl (C=O) groups excluding carboxylic acids is 4. The van der Waals surface area contributed by atoms with Gasteiger partial charge in [0, 0.05) is 16.5 Å². The number of rotatable bonds is 8. The Morgan fingerprint density at radius 2 is 1.64 bits per heavy atom. The molecule has 6 rings (SSSR count). The molecule has 1 aromatic heterocycles. The number of thioether (sulfide) groups is 1. The van der Waals surface area contributed by atoms with Gasteiger partial charge in [-0.3, -0.25) is 23.7 Å². The highest BCUT2D eigenvalue weighted by molar-refractivity contribution is 8.00. The number of ether oxygens (including phenoxy) is 2. The largest absolute Gasteiger partial charge is 0.497 e. The highest BCUT2D eigenvalue weighted by Gasteiger charge is 2.56. The zero-order valence-electron chi connectivity index (χ0n) is 24.6. The van der Waals surface area contributed by atoms with Crippen LogP contribution in [0.3, 0.4) is 0 Å². The van der Waals surface area contributed by atoms with E-state index < -0.39 is 34.9 Å². The molecule has 3 amide bonds. The molecule has 0 saturated carbocycles. The number of nitrogens with one attached hydrogen (secondary N) is 1. The van der Waals surface area contributed by atoms with Gasteiger partial charge in [0.05, 0.1) is 35.9 Å². The summed E-state index contributed by atoms with van der Waals surface area (Å²) in [6.45, 7) is 3.56. The van der Waals surface area contributed by atoms with Crippen molar-refractivity contribution in [2.45, 2.75) is 36.6 Å². The Morgan fingerprint density at radius 3 is 2.31 bits per heavy atom. The molecule has 0 radical (unpaired) electrons. The number of hydrogen-bond acceptors (Lipinski definition) is 9. The van der Waals surface area contributed by atoms with Crippen molar-refractivity contribution in [3.8, 4) is 5.75 Å². The van der Waals surface area contributed by atoms with Gasteiger partial charge in [-0.05, 0) is 67.4 Å². The summed E-state index contributed by atoms with van der Waals surface area (Å²) in [6, 6.07) is 20.7. The van der Waals surface area contributed by atoms with Crippen LogP contribution in [0.5, 0.6) is 5.75 Å². The maximum atomic E-state index is 14.1. The van der Waals surface area contributed by atoms with Crippen molar-refractivity contribution in [2.24, 2.45) is 5.92 Å². The molecule has 3 unspecified atom stereocenters. The van der Waals surface area contributed by atoms with Crippen LogP contribution >= 0.6 is 23.1 Å². The Hall–Kier alpha value is -4.68. The third-order valence-corrected chi connectivity index (χ3v) is 10.5. The Morgan fingerprint density at radius 1 is 0.933 bits per heavy atom. The predicted molar refractivity (Wildman–Crippen MR) is 171 cm³/mol. The lowest BCUT2D eigenvalue weighted by atomic mass is 9.83. The minimum Gasteiger partial charge on any atom is -0.497 e. The van der Waals surface area contributed by atoms with Crippen molar-refractivity contribution < 1.29 is 28.7 Å². The number of fused-ring (bicyclic) bond motifs is 2. The monoisotopic (exact) mass is 643 g/mol. The summed E-state index contributed by atoms with van der Waals surface area (Å²) in [5.74, 6) is -2.52. The normalized spacial score (nSPS) is 18.7. The quantitative estimate of drug-likeness (QED) is 0.214. The van der Waals surface area contributed by atoms with E-state index in [4.69, 9.17) is 9.47 Å². The van der Waals surface area contributed by atoms with Crippen LogP contribution in [0.4, 0.5) is 11.4 Å². The Bertz CT molecular complexity index is 1860. The van der Waals surface area contributed by atoms with Crippen molar-refractivity contribution in [2.75, 3.05) is 23.9 Å². The van der Waals surface area contributed by atoms with Crippen LogP contribution in [-0.4, -0.2) is 47.2 Å². The van der Waals surface area contributed by atoms with Crippen LogP contribution in [0.2, 0.25) is 0 Å². The van der Waals surface area contributed by atoms with E-state index in [-0.39, 0.29) is 23.9 Å². The smallest absolute Gasteiger partial charge is 0.338 e. The van der Waals surface area contributed by atoms with Gasteiger partial charge in [0.25, 0.3) is 0 Å². The van der Waals surface area contributed by atoms with E-state index in [0.717, 1.165) is 39.1 Å². The molecule has 3 heterocycles. The number of hydrogen-bond donors (Lipinski definition) is 1. The third kappa shape index (κ3) is 5.55. The van der Waals surface area contributed by atoms with Gasteiger partial charge in [-0.25, -0.2) is 9.69 Å².